The van der Waals surface area contributed by atoms with E-state index < -0.39 is 23.3 Å². The highest BCUT2D eigenvalue weighted by atomic mass is 16.5. The molecule has 0 fully saturated rings. The molecule has 0 saturated carbocycles. The fourth-order valence-electron chi connectivity index (χ4n) is 2.22. The second-order valence-corrected chi connectivity index (χ2v) is 5.21. The first-order chi connectivity index (χ1) is 11.4. The van der Waals surface area contributed by atoms with Crippen LogP contribution in [-0.4, -0.2) is 46.1 Å². The van der Waals surface area contributed by atoms with Gasteiger partial charge in [0.05, 0.1) is 19.3 Å². The van der Waals surface area contributed by atoms with Gasteiger partial charge in [-0.2, -0.15) is 0 Å². The zero-order chi connectivity index (χ0) is 17.7. The van der Waals surface area contributed by atoms with E-state index in [1.807, 2.05) is 11.9 Å². The van der Waals surface area contributed by atoms with Gasteiger partial charge in [-0.15, -0.1) is 0 Å². The predicted molar refractivity (Wildman–Crippen MR) is 87.2 cm³/mol. The molecule has 0 spiro atoms. The van der Waals surface area contributed by atoms with Crippen LogP contribution in [0.3, 0.4) is 0 Å². The molecule has 8 nitrogen and oxygen atoms in total. The molecule has 1 heterocycles. The minimum atomic E-state index is -0.937. The van der Waals surface area contributed by atoms with Gasteiger partial charge >= 0.3 is 5.69 Å². The molecule has 1 atom stereocenters. The number of nitrogens with zero attached hydrogens (tertiary/aromatic N) is 1. The molecule has 1 aromatic carbocycles. The Hall–Kier alpha value is -2.87. The van der Waals surface area contributed by atoms with Crippen LogP contribution in [0.5, 0.6) is 5.75 Å². The lowest BCUT2D eigenvalue weighted by Gasteiger charge is -2.21. The molecule has 24 heavy (non-hydrogen) atoms. The van der Waals surface area contributed by atoms with Crippen LogP contribution in [0.15, 0.2) is 39.9 Å². The number of carbonyl (C=O) groups is 1. The molecular weight excluding hydrogens is 314 g/mol. The largest absolute Gasteiger partial charge is 0.494 e. The van der Waals surface area contributed by atoms with Gasteiger partial charge in [-0.05, 0) is 24.6 Å². The molecule has 0 aliphatic rings. The second kappa shape index (κ2) is 7.60. The Kier molecular flexibility index (Phi) is 5.54. The lowest BCUT2D eigenvalue weighted by Crippen LogP contribution is -2.34. The van der Waals surface area contributed by atoms with E-state index in [1.165, 1.54) is 11.9 Å². The number of aromatic nitrogens is 2. The summed E-state index contributed by atoms with van der Waals surface area (Å²) in [7, 11) is 1.47. The van der Waals surface area contributed by atoms with Crippen molar-refractivity contribution in [2.75, 3.05) is 20.2 Å². The van der Waals surface area contributed by atoms with Crippen molar-refractivity contribution in [3.05, 3.63) is 62.4 Å². The first-order valence-corrected chi connectivity index (χ1v) is 7.40. The Balaban J connectivity index is 2.11. The number of ether oxygens (including phenoxy) is 1. The fourth-order valence-corrected chi connectivity index (χ4v) is 2.22. The summed E-state index contributed by atoms with van der Waals surface area (Å²) in [5, 5.41) is 10.3. The average molecular weight is 333 g/mol. The number of benzene rings is 1. The topological polar surface area (TPSA) is 115 Å². The summed E-state index contributed by atoms with van der Waals surface area (Å²) in [6.07, 6.45) is -0.937. The number of aromatic amines is 2. The molecule has 1 amide bonds. The van der Waals surface area contributed by atoms with Gasteiger partial charge < -0.3 is 19.7 Å². The van der Waals surface area contributed by atoms with Gasteiger partial charge in [-0.3, -0.25) is 14.6 Å². The van der Waals surface area contributed by atoms with Crippen molar-refractivity contribution in [3.8, 4) is 5.75 Å². The van der Waals surface area contributed by atoms with Crippen molar-refractivity contribution in [1.29, 1.82) is 0 Å². The summed E-state index contributed by atoms with van der Waals surface area (Å²) < 4.78 is 5.38. The van der Waals surface area contributed by atoms with E-state index in [4.69, 9.17) is 4.74 Å². The third kappa shape index (κ3) is 4.32. The number of aliphatic hydroxyl groups is 1. The molecule has 2 aromatic rings. The van der Waals surface area contributed by atoms with Crippen molar-refractivity contribution in [2.24, 2.45) is 0 Å². The number of amides is 1. The van der Waals surface area contributed by atoms with E-state index in [-0.39, 0.29) is 12.2 Å². The third-order valence-corrected chi connectivity index (χ3v) is 3.34. The van der Waals surface area contributed by atoms with Gasteiger partial charge in [0.25, 0.3) is 11.5 Å². The van der Waals surface area contributed by atoms with E-state index in [1.54, 1.807) is 24.3 Å². The van der Waals surface area contributed by atoms with Crippen LogP contribution in [0.4, 0.5) is 0 Å². The molecule has 2 rings (SSSR count). The minimum absolute atomic E-state index is 0.0107. The number of carbonyl (C=O) groups excluding carboxylic acids is 1. The van der Waals surface area contributed by atoms with Crippen LogP contribution in [-0.2, 0) is 0 Å². The smallest absolute Gasteiger partial charge is 0.326 e. The van der Waals surface area contributed by atoms with Crippen LogP contribution < -0.4 is 16.0 Å². The minimum Gasteiger partial charge on any atom is -0.494 e. The van der Waals surface area contributed by atoms with E-state index in [0.29, 0.717) is 17.9 Å². The number of likely N-dealkylation sites (N-methyl/N-ethyl adjacent to an activating group) is 1. The molecule has 0 aliphatic carbocycles. The van der Waals surface area contributed by atoms with Gasteiger partial charge in [0, 0.05) is 13.1 Å². The molecule has 3 N–H and O–H groups in total. The number of hydrogen-bond acceptors (Lipinski definition) is 5. The Morgan fingerprint density at radius 1 is 1.29 bits per heavy atom. The van der Waals surface area contributed by atoms with Crippen LogP contribution >= 0.6 is 0 Å². The maximum Gasteiger partial charge on any atom is 0.326 e. The van der Waals surface area contributed by atoms with Crippen molar-refractivity contribution in [3.63, 3.8) is 0 Å². The summed E-state index contributed by atoms with van der Waals surface area (Å²) in [4.78, 5) is 40.2. The lowest BCUT2D eigenvalue weighted by molar-refractivity contribution is 0.0674. The predicted octanol–water partition coefficient (Wildman–Crippen LogP) is 0.267. The maximum absolute atomic E-state index is 12.3. The standard InChI is InChI=1S/C16H19N3O5/c1-3-24-11-6-4-5-10(7-11)13(20)9-19(2)15(22)12-8-14(21)18-16(23)17-12/h4-8,13,20H,3,9H2,1-2H3,(H2,17,18,21,23)/t13-/m1/s1. The van der Waals surface area contributed by atoms with Gasteiger partial charge in [0.1, 0.15) is 11.4 Å². The molecule has 128 valence electrons. The average Bonchev–Trinajstić information content (AvgIpc) is 2.53. The summed E-state index contributed by atoms with van der Waals surface area (Å²) >= 11 is 0. The molecule has 0 saturated heterocycles. The van der Waals surface area contributed by atoms with Crippen molar-refractivity contribution in [2.45, 2.75) is 13.0 Å². The number of nitrogens with one attached hydrogen (secondary N) is 2. The molecule has 1 aromatic heterocycles. The zero-order valence-electron chi connectivity index (χ0n) is 13.4. The van der Waals surface area contributed by atoms with Gasteiger partial charge in [-0.1, -0.05) is 12.1 Å². The van der Waals surface area contributed by atoms with E-state index in [0.717, 1.165) is 6.07 Å². The van der Waals surface area contributed by atoms with Crippen LogP contribution in [0.2, 0.25) is 0 Å². The van der Waals surface area contributed by atoms with Crippen molar-refractivity contribution < 1.29 is 14.6 Å². The Morgan fingerprint density at radius 2 is 2.04 bits per heavy atom. The first-order valence-electron chi connectivity index (χ1n) is 7.40. The van der Waals surface area contributed by atoms with Crippen LogP contribution in [0.1, 0.15) is 29.1 Å². The molecule has 0 unspecified atom stereocenters. The van der Waals surface area contributed by atoms with Crippen molar-refractivity contribution in [1.82, 2.24) is 14.9 Å². The number of hydrogen-bond donors (Lipinski definition) is 3. The monoisotopic (exact) mass is 333 g/mol. The summed E-state index contributed by atoms with van der Waals surface area (Å²) in [6, 6.07) is 7.94. The first kappa shape index (κ1) is 17.5. The third-order valence-electron chi connectivity index (χ3n) is 3.34. The normalized spacial score (nSPS) is 11.8. The summed E-state index contributed by atoms with van der Waals surface area (Å²) in [5.41, 5.74) is -0.966. The quantitative estimate of drug-likeness (QED) is 0.702. The van der Waals surface area contributed by atoms with Crippen molar-refractivity contribution >= 4 is 5.91 Å². The maximum atomic E-state index is 12.3. The van der Waals surface area contributed by atoms with E-state index in [9.17, 15) is 19.5 Å². The molecule has 0 aliphatic heterocycles. The van der Waals surface area contributed by atoms with Gasteiger partial charge in [0.15, 0.2) is 0 Å². The zero-order valence-corrected chi connectivity index (χ0v) is 13.4. The molecule has 8 heteroatoms. The van der Waals surface area contributed by atoms with Gasteiger partial charge in [-0.25, -0.2) is 4.79 Å². The van der Waals surface area contributed by atoms with Gasteiger partial charge in [0.2, 0.25) is 0 Å². The molecule has 0 radical (unpaired) electrons. The highest BCUT2D eigenvalue weighted by molar-refractivity contribution is 5.91. The number of H-pyrrole nitrogens is 2. The van der Waals surface area contributed by atoms with Crippen LogP contribution in [0, 0.1) is 0 Å². The van der Waals surface area contributed by atoms with Crippen LogP contribution in [0.25, 0.3) is 0 Å². The SMILES string of the molecule is CCOc1cccc([C@H](O)CN(C)C(=O)c2cc(=O)[nH]c(=O)[nH]2)c1. The lowest BCUT2D eigenvalue weighted by atomic mass is 10.1. The number of aliphatic hydroxyl groups excluding tert-OH is 1. The highest BCUT2D eigenvalue weighted by Crippen LogP contribution is 2.20. The van der Waals surface area contributed by atoms with E-state index in [2.05, 4.69) is 4.98 Å². The highest BCUT2D eigenvalue weighted by Gasteiger charge is 2.18. The summed E-state index contributed by atoms with van der Waals surface area (Å²) in [6.45, 7) is 2.36. The molecule has 0 bridgehead atoms. The second-order valence-electron chi connectivity index (χ2n) is 5.21. The summed E-state index contributed by atoms with van der Waals surface area (Å²) in [5.74, 6) is 0.0557. The Bertz CT molecular complexity index is 798. The number of rotatable bonds is 6. The molecular formula is C16H19N3O5. The van der Waals surface area contributed by atoms with E-state index >= 15 is 0 Å². The fraction of sp³-hybridized carbons (Fsp3) is 0.312. The Morgan fingerprint density at radius 3 is 2.71 bits per heavy atom. The Labute approximate surface area is 137 Å².